The predicted molar refractivity (Wildman–Crippen MR) is 70.5 cm³/mol. The third kappa shape index (κ3) is 4.69. The Kier molecular flexibility index (Phi) is 4.92. The number of hydrogen-bond acceptors (Lipinski definition) is 3. The minimum atomic E-state index is -0.553. The first-order valence-corrected chi connectivity index (χ1v) is 5.42. The average Bonchev–Trinajstić information content (AvgIpc) is 2.28. The maximum Gasteiger partial charge on any atom is 0.411 e. The second-order valence-electron chi connectivity index (χ2n) is 3.91. The van der Waals surface area contributed by atoms with Crippen molar-refractivity contribution >= 4 is 23.4 Å². The molecule has 0 unspecified atom stereocenters. The van der Waals surface area contributed by atoms with Crippen LogP contribution in [0, 0.1) is 0 Å². The molecule has 0 aliphatic rings. The van der Waals surface area contributed by atoms with Crippen molar-refractivity contribution in [1.29, 1.82) is 0 Å². The number of carbonyl (C=O) groups is 2. The number of ether oxygens (including phenoxy) is 1. The molecule has 0 heterocycles. The highest BCUT2D eigenvalue weighted by atomic mass is 16.5. The molecule has 0 radical (unpaired) electrons. The highest BCUT2D eigenvalue weighted by Gasteiger charge is 2.03. The third-order valence-corrected chi connectivity index (χ3v) is 1.98. The van der Waals surface area contributed by atoms with Crippen LogP contribution in [0.1, 0.15) is 13.8 Å². The van der Waals surface area contributed by atoms with Crippen LogP contribution < -0.4 is 10.6 Å². The molecule has 0 atom stereocenters. The van der Waals surface area contributed by atoms with Crippen LogP contribution in [-0.2, 0) is 9.53 Å². The number of anilines is 2. The van der Waals surface area contributed by atoms with Crippen molar-refractivity contribution in [3.63, 3.8) is 0 Å². The zero-order chi connectivity index (χ0) is 13.5. The summed E-state index contributed by atoms with van der Waals surface area (Å²) in [4.78, 5) is 22.5. The quantitative estimate of drug-likeness (QED) is 0.808. The van der Waals surface area contributed by atoms with Gasteiger partial charge in [-0.05, 0) is 32.0 Å². The van der Waals surface area contributed by atoms with Crippen LogP contribution in [-0.4, -0.2) is 19.1 Å². The Morgan fingerprint density at radius 2 is 1.78 bits per heavy atom. The minimum Gasteiger partial charge on any atom is -0.453 e. The van der Waals surface area contributed by atoms with Gasteiger partial charge < -0.3 is 10.1 Å². The van der Waals surface area contributed by atoms with Crippen LogP contribution in [0.2, 0.25) is 0 Å². The van der Waals surface area contributed by atoms with E-state index in [1.807, 2.05) is 13.8 Å². The van der Waals surface area contributed by atoms with Crippen LogP contribution in [0.4, 0.5) is 16.2 Å². The SMILES string of the molecule is COC(=O)Nc1cccc(NC(=O)C=C(C)C)c1. The molecule has 2 N–H and O–H groups in total. The highest BCUT2D eigenvalue weighted by Crippen LogP contribution is 2.15. The molecule has 0 spiro atoms. The molecule has 18 heavy (non-hydrogen) atoms. The fraction of sp³-hybridized carbons (Fsp3) is 0.231. The summed E-state index contributed by atoms with van der Waals surface area (Å²) < 4.78 is 4.48. The molecule has 0 saturated carbocycles. The Morgan fingerprint density at radius 3 is 2.33 bits per heavy atom. The topological polar surface area (TPSA) is 67.4 Å². The van der Waals surface area contributed by atoms with Gasteiger partial charge in [-0.1, -0.05) is 11.6 Å². The van der Waals surface area contributed by atoms with E-state index >= 15 is 0 Å². The molecule has 2 amide bonds. The number of allylic oxidation sites excluding steroid dienone is 1. The molecular formula is C13H16N2O3. The van der Waals surface area contributed by atoms with E-state index in [2.05, 4.69) is 15.4 Å². The van der Waals surface area contributed by atoms with E-state index < -0.39 is 6.09 Å². The van der Waals surface area contributed by atoms with Crippen molar-refractivity contribution in [2.45, 2.75) is 13.8 Å². The zero-order valence-electron chi connectivity index (χ0n) is 10.6. The lowest BCUT2D eigenvalue weighted by atomic mass is 10.2. The summed E-state index contributed by atoms with van der Waals surface area (Å²) in [6.45, 7) is 3.68. The van der Waals surface area contributed by atoms with E-state index in [0.717, 1.165) is 5.57 Å². The maximum atomic E-state index is 11.5. The molecule has 5 heteroatoms. The van der Waals surface area contributed by atoms with Gasteiger partial charge in [-0.3, -0.25) is 10.1 Å². The second-order valence-corrected chi connectivity index (χ2v) is 3.91. The normalized spacial score (nSPS) is 9.28. The molecule has 0 aliphatic heterocycles. The van der Waals surface area contributed by atoms with E-state index in [4.69, 9.17) is 0 Å². The van der Waals surface area contributed by atoms with Gasteiger partial charge in [-0.15, -0.1) is 0 Å². The lowest BCUT2D eigenvalue weighted by molar-refractivity contribution is -0.111. The minimum absolute atomic E-state index is 0.204. The molecule has 0 bridgehead atoms. The first-order chi connectivity index (χ1) is 8.51. The van der Waals surface area contributed by atoms with Gasteiger partial charge in [-0.25, -0.2) is 4.79 Å². The Hall–Kier alpha value is -2.30. The number of carbonyl (C=O) groups excluding carboxylic acids is 2. The Bertz CT molecular complexity index is 477. The molecule has 1 aromatic rings. The lowest BCUT2D eigenvalue weighted by Crippen LogP contribution is -2.12. The summed E-state index contributed by atoms with van der Waals surface area (Å²) in [5.41, 5.74) is 2.07. The molecule has 5 nitrogen and oxygen atoms in total. The molecule has 0 aromatic heterocycles. The van der Waals surface area contributed by atoms with E-state index in [1.54, 1.807) is 24.3 Å². The van der Waals surface area contributed by atoms with E-state index in [9.17, 15) is 9.59 Å². The van der Waals surface area contributed by atoms with Crippen LogP contribution in [0.5, 0.6) is 0 Å². The van der Waals surface area contributed by atoms with Gasteiger partial charge in [0.15, 0.2) is 0 Å². The summed E-state index contributed by atoms with van der Waals surface area (Å²) in [6, 6.07) is 6.81. The maximum absolute atomic E-state index is 11.5. The van der Waals surface area contributed by atoms with Gasteiger partial charge in [0.05, 0.1) is 7.11 Å². The first-order valence-electron chi connectivity index (χ1n) is 5.42. The van der Waals surface area contributed by atoms with Crippen molar-refractivity contribution < 1.29 is 14.3 Å². The number of benzene rings is 1. The van der Waals surface area contributed by atoms with Gasteiger partial charge in [0.1, 0.15) is 0 Å². The lowest BCUT2D eigenvalue weighted by Gasteiger charge is -2.07. The monoisotopic (exact) mass is 248 g/mol. The van der Waals surface area contributed by atoms with Crippen molar-refractivity contribution in [1.82, 2.24) is 0 Å². The van der Waals surface area contributed by atoms with E-state index in [1.165, 1.54) is 13.2 Å². The van der Waals surface area contributed by atoms with Crippen molar-refractivity contribution in [2.75, 3.05) is 17.7 Å². The largest absolute Gasteiger partial charge is 0.453 e. The van der Waals surface area contributed by atoms with Crippen molar-refractivity contribution in [3.8, 4) is 0 Å². The van der Waals surface area contributed by atoms with E-state index in [0.29, 0.717) is 11.4 Å². The Morgan fingerprint density at radius 1 is 1.17 bits per heavy atom. The van der Waals surface area contributed by atoms with Crippen LogP contribution in [0.3, 0.4) is 0 Å². The fourth-order valence-corrected chi connectivity index (χ4v) is 1.28. The standard InChI is InChI=1S/C13H16N2O3/c1-9(2)7-12(16)14-10-5-4-6-11(8-10)15-13(17)18-3/h4-8H,1-3H3,(H,14,16)(H,15,17). The highest BCUT2D eigenvalue weighted by molar-refractivity contribution is 6.00. The molecule has 0 fully saturated rings. The van der Waals surface area contributed by atoms with Gasteiger partial charge >= 0.3 is 6.09 Å². The summed E-state index contributed by atoms with van der Waals surface area (Å²) in [5.74, 6) is -0.204. The molecule has 0 saturated heterocycles. The molecular weight excluding hydrogens is 232 g/mol. The number of amides is 2. The predicted octanol–water partition coefficient (Wildman–Crippen LogP) is 2.77. The summed E-state index contributed by atoms with van der Waals surface area (Å²) in [5, 5.41) is 5.22. The molecule has 0 aliphatic carbocycles. The van der Waals surface area contributed by atoms with Crippen LogP contribution in [0.15, 0.2) is 35.9 Å². The molecule has 1 rings (SSSR count). The van der Waals surface area contributed by atoms with E-state index in [-0.39, 0.29) is 5.91 Å². The number of hydrogen-bond donors (Lipinski definition) is 2. The van der Waals surface area contributed by atoms with Gasteiger partial charge in [0.2, 0.25) is 5.91 Å². The fourth-order valence-electron chi connectivity index (χ4n) is 1.28. The molecule has 1 aromatic carbocycles. The smallest absolute Gasteiger partial charge is 0.411 e. The second kappa shape index (κ2) is 6.44. The average molecular weight is 248 g/mol. The van der Waals surface area contributed by atoms with Crippen LogP contribution >= 0.6 is 0 Å². The van der Waals surface area contributed by atoms with Gasteiger partial charge in [0, 0.05) is 17.5 Å². The summed E-state index contributed by atoms with van der Waals surface area (Å²) >= 11 is 0. The van der Waals surface area contributed by atoms with Crippen molar-refractivity contribution in [2.24, 2.45) is 0 Å². The zero-order valence-corrected chi connectivity index (χ0v) is 10.6. The number of methoxy groups -OCH3 is 1. The third-order valence-electron chi connectivity index (χ3n) is 1.98. The van der Waals surface area contributed by atoms with Gasteiger partial charge in [-0.2, -0.15) is 0 Å². The Labute approximate surface area is 106 Å². The number of rotatable bonds is 3. The first kappa shape index (κ1) is 13.8. The summed E-state index contributed by atoms with van der Waals surface area (Å²) in [6.07, 6.45) is 0.947. The van der Waals surface area contributed by atoms with Crippen molar-refractivity contribution in [3.05, 3.63) is 35.9 Å². The van der Waals surface area contributed by atoms with Gasteiger partial charge in [0.25, 0.3) is 0 Å². The Balaban J connectivity index is 2.73. The summed E-state index contributed by atoms with van der Waals surface area (Å²) in [7, 11) is 1.29. The number of nitrogens with one attached hydrogen (secondary N) is 2. The molecule has 96 valence electrons. The van der Waals surface area contributed by atoms with Crippen LogP contribution in [0.25, 0.3) is 0 Å².